The van der Waals surface area contributed by atoms with E-state index in [1.54, 1.807) is 17.3 Å². The molecule has 1 aliphatic heterocycles. The Kier molecular flexibility index (Phi) is 5.27. The van der Waals surface area contributed by atoms with Gasteiger partial charge >= 0.3 is 0 Å². The first-order valence-electron chi connectivity index (χ1n) is 7.63. The van der Waals surface area contributed by atoms with Crippen LogP contribution in [0.1, 0.15) is 11.6 Å². The molecule has 1 atom stereocenters. The van der Waals surface area contributed by atoms with Crippen molar-refractivity contribution in [2.24, 2.45) is 0 Å². The molecule has 1 N–H and O–H groups in total. The number of benzene rings is 1. The van der Waals surface area contributed by atoms with Crippen molar-refractivity contribution in [3.8, 4) is 5.75 Å². The Morgan fingerprint density at radius 3 is 3.08 bits per heavy atom. The van der Waals surface area contributed by atoms with Gasteiger partial charge in [0, 0.05) is 38.1 Å². The summed E-state index contributed by atoms with van der Waals surface area (Å²) in [5, 5.41) is 3.25. The first-order valence-corrected chi connectivity index (χ1v) is 8.01. The number of hydrogen-bond acceptors (Lipinski definition) is 4. The Morgan fingerprint density at radius 1 is 1.46 bits per heavy atom. The molecule has 0 radical (unpaired) electrons. The first-order chi connectivity index (χ1) is 11.6. The summed E-state index contributed by atoms with van der Waals surface area (Å²) in [4.78, 5) is 18.4. The molecule has 1 aliphatic rings. The van der Waals surface area contributed by atoms with Gasteiger partial charge in [-0.3, -0.25) is 9.78 Å². The molecule has 126 valence electrons. The summed E-state index contributed by atoms with van der Waals surface area (Å²) in [6.07, 6.45) is 3.46. The van der Waals surface area contributed by atoms with Gasteiger partial charge in [-0.1, -0.05) is 17.7 Å². The number of aromatic nitrogens is 1. The van der Waals surface area contributed by atoms with E-state index in [0.717, 1.165) is 12.1 Å². The molecule has 1 amide bonds. The third kappa shape index (κ3) is 3.83. The number of rotatable bonds is 4. The van der Waals surface area contributed by atoms with Gasteiger partial charge in [-0.2, -0.15) is 0 Å². The Hall–Kier alpha value is -2.18. The van der Waals surface area contributed by atoms with Crippen molar-refractivity contribution in [3.63, 3.8) is 0 Å². The van der Waals surface area contributed by atoms with Crippen LogP contribution in [0.4, 0.5) is 4.39 Å². The summed E-state index contributed by atoms with van der Waals surface area (Å²) in [5.74, 6) is -0.289. The van der Waals surface area contributed by atoms with Crippen LogP contribution in [0, 0.1) is 5.82 Å². The lowest BCUT2D eigenvalue weighted by Gasteiger charge is -2.36. The van der Waals surface area contributed by atoms with Crippen molar-refractivity contribution in [1.29, 1.82) is 0 Å². The molecular weight excluding hydrogens is 333 g/mol. The molecule has 7 heteroatoms. The van der Waals surface area contributed by atoms with Gasteiger partial charge in [-0.05, 0) is 23.8 Å². The molecular formula is C17H17ClFN3O2. The molecule has 2 heterocycles. The molecule has 3 rings (SSSR count). The maximum atomic E-state index is 13.2. The lowest BCUT2D eigenvalue weighted by atomic mass is 10.1. The molecule has 1 aromatic heterocycles. The van der Waals surface area contributed by atoms with Crippen LogP contribution >= 0.6 is 11.6 Å². The van der Waals surface area contributed by atoms with Crippen molar-refractivity contribution in [1.82, 2.24) is 15.2 Å². The molecule has 1 fully saturated rings. The molecule has 1 aromatic carbocycles. The highest BCUT2D eigenvalue weighted by Crippen LogP contribution is 2.23. The molecule has 1 saturated heterocycles. The number of ether oxygens (including phenoxy) is 1. The van der Waals surface area contributed by atoms with E-state index in [0.29, 0.717) is 18.8 Å². The van der Waals surface area contributed by atoms with E-state index in [1.165, 1.54) is 18.2 Å². The molecule has 0 bridgehead atoms. The van der Waals surface area contributed by atoms with Crippen LogP contribution in [0.3, 0.4) is 0 Å². The molecule has 24 heavy (non-hydrogen) atoms. The largest absolute Gasteiger partial charge is 0.484 e. The number of hydrogen-bond donors (Lipinski definition) is 1. The number of carbonyl (C=O) groups is 1. The number of nitrogens with one attached hydrogen (secondary N) is 1. The summed E-state index contributed by atoms with van der Waals surface area (Å²) in [7, 11) is 0. The van der Waals surface area contributed by atoms with Crippen LogP contribution in [-0.4, -0.2) is 42.0 Å². The number of carbonyl (C=O) groups excluding carboxylic acids is 1. The summed E-state index contributed by atoms with van der Waals surface area (Å²) in [6, 6.07) is 7.74. The highest BCUT2D eigenvalue weighted by Gasteiger charge is 2.28. The number of halogens is 2. The SMILES string of the molecule is O=C(COc1ccc(F)c(Cl)c1)N1CCNCC1c1cccnc1. The van der Waals surface area contributed by atoms with Crippen molar-refractivity contribution in [3.05, 3.63) is 59.1 Å². The average molecular weight is 350 g/mol. The molecule has 0 saturated carbocycles. The van der Waals surface area contributed by atoms with Gasteiger partial charge in [-0.25, -0.2) is 4.39 Å². The van der Waals surface area contributed by atoms with Crippen LogP contribution in [-0.2, 0) is 4.79 Å². The van der Waals surface area contributed by atoms with Crippen LogP contribution in [0.2, 0.25) is 5.02 Å². The lowest BCUT2D eigenvalue weighted by molar-refractivity contribution is -0.136. The van der Waals surface area contributed by atoms with E-state index in [-0.39, 0.29) is 23.6 Å². The maximum Gasteiger partial charge on any atom is 0.261 e. The summed E-state index contributed by atoms with van der Waals surface area (Å²) in [6.45, 7) is 1.86. The zero-order valence-electron chi connectivity index (χ0n) is 12.9. The van der Waals surface area contributed by atoms with Crippen molar-refractivity contribution >= 4 is 17.5 Å². The zero-order valence-corrected chi connectivity index (χ0v) is 13.7. The second kappa shape index (κ2) is 7.59. The number of amides is 1. The van der Waals surface area contributed by atoms with Gasteiger partial charge in [0.05, 0.1) is 11.1 Å². The Balaban J connectivity index is 1.67. The molecule has 1 unspecified atom stereocenters. The van der Waals surface area contributed by atoms with E-state index >= 15 is 0 Å². The van der Waals surface area contributed by atoms with Gasteiger partial charge in [0.15, 0.2) is 6.61 Å². The normalized spacial score (nSPS) is 17.6. The van der Waals surface area contributed by atoms with Gasteiger partial charge in [0.2, 0.25) is 0 Å². The van der Waals surface area contributed by atoms with Gasteiger partial charge in [0.25, 0.3) is 5.91 Å². The highest BCUT2D eigenvalue weighted by atomic mass is 35.5. The third-order valence-electron chi connectivity index (χ3n) is 3.89. The van der Waals surface area contributed by atoms with Crippen molar-refractivity contribution in [2.75, 3.05) is 26.2 Å². The van der Waals surface area contributed by atoms with Crippen LogP contribution < -0.4 is 10.1 Å². The molecule has 0 spiro atoms. The maximum absolute atomic E-state index is 13.2. The fourth-order valence-corrected chi connectivity index (χ4v) is 2.84. The predicted octanol–water partition coefficient (Wildman–Crippen LogP) is 2.43. The second-order valence-electron chi connectivity index (χ2n) is 5.46. The van der Waals surface area contributed by atoms with Gasteiger partial charge < -0.3 is 15.0 Å². The monoisotopic (exact) mass is 349 g/mol. The van der Waals surface area contributed by atoms with Crippen molar-refractivity contribution < 1.29 is 13.9 Å². The van der Waals surface area contributed by atoms with E-state index in [2.05, 4.69) is 10.3 Å². The zero-order chi connectivity index (χ0) is 16.9. The highest BCUT2D eigenvalue weighted by molar-refractivity contribution is 6.30. The van der Waals surface area contributed by atoms with Crippen LogP contribution in [0.25, 0.3) is 0 Å². The minimum absolute atomic E-state index is 0.0321. The molecule has 5 nitrogen and oxygen atoms in total. The van der Waals surface area contributed by atoms with Gasteiger partial charge in [-0.15, -0.1) is 0 Å². The number of pyridine rings is 1. The standard InChI is InChI=1S/C17H17ClFN3O2/c18-14-8-13(3-4-15(14)19)24-11-17(23)22-7-6-21-10-16(22)12-2-1-5-20-9-12/h1-5,8-9,16,21H,6-7,10-11H2. The van der Waals surface area contributed by atoms with Crippen LogP contribution in [0.15, 0.2) is 42.7 Å². The molecule has 0 aliphatic carbocycles. The summed E-state index contributed by atoms with van der Waals surface area (Å²) in [5.41, 5.74) is 0.975. The number of piperazine rings is 1. The quantitative estimate of drug-likeness (QED) is 0.921. The van der Waals surface area contributed by atoms with Gasteiger partial charge in [0.1, 0.15) is 11.6 Å². The minimum atomic E-state index is -0.519. The fourth-order valence-electron chi connectivity index (χ4n) is 2.67. The Morgan fingerprint density at radius 2 is 2.33 bits per heavy atom. The van der Waals surface area contributed by atoms with Crippen LogP contribution in [0.5, 0.6) is 5.75 Å². The Labute approximate surface area is 144 Å². The topological polar surface area (TPSA) is 54.5 Å². The average Bonchev–Trinajstić information content (AvgIpc) is 2.63. The number of nitrogens with zero attached hydrogens (tertiary/aromatic N) is 2. The summed E-state index contributed by atoms with van der Waals surface area (Å²) >= 11 is 5.72. The van der Waals surface area contributed by atoms with Crippen molar-refractivity contribution in [2.45, 2.75) is 6.04 Å². The second-order valence-corrected chi connectivity index (χ2v) is 5.87. The van der Waals surface area contributed by atoms with E-state index in [4.69, 9.17) is 16.3 Å². The smallest absolute Gasteiger partial charge is 0.261 e. The van der Waals surface area contributed by atoms with E-state index < -0.39 is 5.82 Å². The third-order valence-corrected chi connectivity index (χ3v) is 4.18. The van der Waals surface area contributed by atoms with E-state index in [1.807, 2.05) is 12.1 Å². The molecule has 2 aromatic rings. The first kappa shape index (κ1) is 16.7. The predicted molar refractivity (Wildman–Crippen MR) is 88.5 cm³/mol. The fraction of sp³-hybridized carbons (Fsp3) is 0.294. The Bertz CT molecular complexity index is 714. The lowest BCUT2D eigenvalue weighted by Crippen LogP contribution is -2.50. The summed E-state index contributed by atoms with van der Waals surface area (Å²) < 4.78 is 18.6. The minimum Gasteiger partial charge on any atom is -0.484 e. The van der Waals surface area contributed by atoms with E-state index in [9.17, 15) is 9.18 Å².